The van der Waals surface area contributed by atoms with Crippen LogP contribution in [0.2, 0.25) is 0 Å². The Morgan fingerprint density at radius 1 is 1.64 bits per heavy atom. The van der Waals surface area contributed by atoms with Gasteiger partial charge in [0.05, 0.1) is 13.0 Å². The first kappa shape index (κ1) is 10.4. The molecule has 0 spiro atoms. The number of aliphatic hydroxyl groups is 1. The quantitative estimate of drug-likeness (QED) is 0.585. The van der Waals surface area contributed by atoms with Crippen LogP contribution in [0.15, 0.2) is 0 Å². The highest BCUT2D eigenvalue weighted by Crippen LogP contribution is 1.99. The zero-order valence-electron chi connectivity index (χ0n) is 6.95. The lowest BCUT2D eigenvalue weighted by molar-refractivity contribution is -0.138. The molecule has 0 aliphatic carbocycles. The van der Waals surface area contributed by atoms with Crippen molar-refractivity contribution in [2.45, 2.75) is 19.4 Å². The number of hydrogen-bond acceptors (Lipinski definition) is 3. The van der Waals surface area contributed by atoms with Crippen molar-refractivity contribution in [3.05, 3.63) is 0 Å². The first-order valence-electron chi connectivity index (χ1n) is 3.60. The van der Waals surface area contributed by atoms with Gasteiger partial charge in [-0.1, -0.05) is 0 Å². The first-order chi connectivity index (χ1) is 5.07. The molecule has 0 aromatic heterocycles. The van der Waals surface area contributed by atoms with Crippen LogP contribution in [0.1, 0.15) is 13.3 Å². The summed E-state index contributed by atoms with van der Waals surface area (Å²) in [5, 5.41) is 16.9. The fraction of sp³-hybridized carbons (Fsp3) is 0.857. The van der Waals surface area contributed by atoms with Gasteiger partial charge in [0.25, 0.3) is 0 Å². The number of rotatable bonds is 5. The summed E-state index contributed by atoms with van der Waals surface area (Å²) in [7, 11) is 1.80. The highest BCUT2D eigenvalue weighted by atomic mass is 16.4. The maximum Gasteiger partial charge on any atom is 0.304 e. The average Bonchev–Trinajstić information content (AvgIpc) is 1.86. The third kappa shape index (κ3) is 4.75. The Labute approximate surface area is 66.4 Å². The maximum atomic E-state index is 10.2. The molecule has 0 rings (SSSR count). The monoisotopic (exact) mass is 161 g/mol. The van der Waals surface area contributed by atoms with Crippen LogP contribution >= 0.6 is 0 Å². The molecule has 2 N–H and O–H groups in total. The Morgan fingerprint density at radius 2 is 2.18 bits per heavy atom. The van der Waals surface area contributed by atoms with E-state index in [4.69, 9.17) is 10.2 Å². The Bertz CT molecular complexity index is 127. The van der Waals surface area contributed by atoms with E-state index in [1.54, 1.807) is 7.05 Å². The molecule has 4 heteroatoms. The summed E-state index contributed by atoms with van der Waals surface area (Å²) >= 11 is 0. The third-order valence-corrected chi connectivity index (χ3v) is 1.68. The number of aliphatic carboxylic acids is 1. The molecule has 0 bridgehead atoms. The van der Waals surface area contributed by atoms with Crippen LogP contribution in [0, 0.1) is 0 Å². The number of hydrogen-bond donors (Lipinski definition) is 2. The first-order valence-corrected chi connectivity index (χ1v) is 3.60. The van der Waals surface area contributed by atoms with E-state index < -0.39 is 5.97 Å². The minimum atomic E-state index is -0.803. The van der Waals surface area contributed by atoms with E-state index in [0.29, 0.717) is 6.54 Å². The van der Waals surface area contributed by atoms with E-state index in [-0.39, 0.29) is 19.1 Å². The van der Waals surface area contributed by atoms with Crippen molar-refractivity contribution in [2.75, 3.05) is 20.2 Å². The van der Waals surface area contributed by atoms with Gasteiger partial charge < -0.3 is 15.1 Å². The topological polar surface area (TPSA) is 60.8 Å². The van der Waals surface area contributed by atoms with Crippen molar-refractivity contribution in [2.24, 2.45) is 0 Å². The molecule has 0 heterocycles. The van der Waals surface area contributed by atoms with Gasteiger partial charge >= 0.3 is 5.97 Å². The van der Waals surface area contributed by atoms with Gasteiger partial charge in [-0.15, -0.1) is 0 Å². The van der Waals surface area contributed by atoms with Crippen molar-refractivity contribution in [3.63, 3.8) is 0 Å². The van der Waals surface area contributed by atoms with Gasteiger partial charge in [-0.2, -0.15) is 0 Å². The summed E-state index contributed by atoms with van der Waals surface area (Å²) in [6, 6.07) is -0.0142. The lowest BCUT2D eigenvalue weighted by Crippen LogP contribution is -2.33. The molecular formula is C7H15NO3. The molecule has 1 unspecified atom stereocenters. The van der Waals surface area contributed by atoms with Gasteiger partial charge in [-0.25, -0.2) is 0 Å². The second kappa shape index (κ2) is 5.09. The fourth-order valence-electron chi connectivity index (χ4n) is 0.787. The predicted molar refractivity (Wildman–Crippen MR) is 41.4 cm³/mol. The van der Waals surface area contributed by atoms with E-state index >= 15 is 0 Å². The molecule has 11 heavy (non-hydrogen) atoms. The highest BCUT2D eigenvalue weighted by molar-refractivity contribution is 5.67. The maximum absolute atomic E-state index is 10.2. The smallest absolute Gasteiger partial charge is 0.304 e. The number of aliphatic hydroxyl groups excluding tert-OH is 1. The van der Waals surface area contributed by atoms with Crippen LogP contribution in [0.25, 0.3) is 0 Å². The van der Waals surface area contributed by atoms with Crippen LogP contribution in [0.5, 0.6) is 0 Å². The van der Waals surface area contributed by atoms with Crippen molar-refractivity contribution >= 4 is 5.97 Å². The molecule has 0 saturated carbocycles. The molecule has 0 fully saturated rings. The second-order valence-corrected chi connectivity index (χ2v) is 2.65. The van der Waals surface area contributed by atoms with Crippen molar-refractivity contribution < 1.29 is 15.0 Å². The van der Waals surface area contributed by atoms with Crippen LogP contribution in [-0.2, 0) is 4.79 Å². The molecule has 0 aromatic rings. The van der Waals surface area contributed by atoms with Crippen molar-refractivity contribution in [1.29, 1.82) is 0 Å². The average molecular weight is 161 g/mol. The third-order valence-electron chi connectivity index (χ3n) is 1.68. The lowest BCUT2D eigenvalue weighted by atomic mass is 10.2. The standard InChI is InChI=1S/C7H15NO3/c1-6(5-7(10)11)8(2)3-4-9/h6,9H,3-5H2,1-2H3,(H,10,11). The Hall–Kier alpha value is -0.610. The number of likely N-dealkylation sites (N-methyl/N-ethyl adjacent to an activating group) is 1. The Balaban J connectivity index is 3.63. The van der Waals surface area contributed by atoms with Gasteiger partial charge in [0.15, 0.2) is 0 Å². The number of carboxylic acid groups (broad SMARTS) is 1. The molecule has 0 saturated heterocycles. The van der Waals surface area contributed by atoms with Crippen LogP contribution in [0.3, 0.4) is 0 Å². The minimum absolute atomic E-state index is 0.0142. The minimum Gasteiger partial charge on any atom is -0.481 e. The largest absolute Gasteiger partial charge is 0.481 e. The van der Waals surface area contributed by atoms with E-state index in [1.807, 2.05) is 11.8 Å². The lowest BCUT2D eigenvalue weighted by Gasteiger charge is -2.21. The second-order valence-electron chi connectivity index (χ2n) is 2.65. The predicted octanol–water partition coefficient (Wildman–Crippen LogP) is -0.226. The molecule has 0 aliphatic heterocycles. The molecule has 66 valence electrons. The molecule has 0 aromatic carbocycles. The fourth-order valence-corrected chi connectivity index (χ4v) is 0.787. The van der Waals surface area contributed by atoms with E-state index in [0.717, 1.165) is 0 Å². The summed E-state index contributed by atoms with van der Waals surface area (Å²) < 4.78 is 0. The van der Waals surface area contributed by atoms with Gasteiger partial charge in [0.1, 0.15) is 0 Å². The SMILES string of the molecule is CC(CC(=O)O)N(C)CCO. The Morgan fingerprint density at radius 3 is 2.55 bits per heavy atom. The summed E-state index contributed by atoms with van der Waals surface area (Å²) in [6.07, 6.45) is 0.122. The van der Waals surface area contributed by atoms with Gasteiger partial charge in [-0.05, 0) is 14.0 Å². The summed E-state index contributed by atoms with van der Waals surface area (Å²) in [6.45, 7) is 2.42. The zero-order chi connectivity index (χ0) is 8.85. The Kier molecular flexibility index (Phi) is 4.81. The molecule has 0 amide bonds. The van der Waals surface area contributed by atoms with Crippen molar-refractivity contribution in [3.8, 4) is 0 Å². The number of carboxylic acids is 1. The number of carbonyl (C=O) groups is 1. The summed E-state index contributed by atoms with van der Waals surface area (Å²) in [5.41, 5.74) is 0. The molecule has 0 radical (unpaired) electrons. The molecule has 0 aliphatic rings. The van der Waals surface area contributed by atoms with Crippen LogP contribution in [-0.4, -0.2) is 47.3 Å². The normalized spacial score (nSPS) is 13.5. The van der Waals surface area contributed by atoms with Crippen LogP contribution < -0.4 is 0 Å². The van der Waals surface area contributed by atoms with Crippen molar-refractivity contribution in [1.82, 2.24) is 4.90 Å². The van der Waals surface area contributed by atoms with E-state index in [9.17, 15) is 4.79 Å². The summed E-state index contributed by atoms with van der Waals surface area (Å²) in [4.78, 5) is 12.0. The molecule has 1 atom stereocenters. The van der Waals surface area contributed by atoms with E-state index in [1.165, 1.54) is 0 Å². The molecular weight excluding hydrogens is 146 g/mol. The van der Waals surface area contributed by atoms with Gasteiger partial charge in [-0.3, -0.25) is 4.79 Å². The molecule has 4 nitrogen and oxygen atoms in total. The zero-order valence-corrected chi connectivity index (χ0v) is 6.95. The van der Waals surface area contributed by atoms with Gasteiger partial charge in [0.2, 0.25) is 0 Å². The van der Waals surface area contributed by atoms with Gasteiger partial charge in [0, 0.05) is 12.6 Å². The van der Waals surface area contributed by atoms with Crippen LogP contribution in [0.4, 0.5) is 0 Å². The highest BCUT2D eigenvalue weighted by Gasteiger charge is 2.11. The number of nitrogens with zero attached hydrogens (tertiary/aromatic N) is 1. The van der Waals surface area contributed by atoms with E-state index in [2.05, 4.69) is 0 Å². The summed E-state index contributed by atoms with van der Waals surface area (Å²) in [5.74, 6) is -0.803.